The lowest BCUT2D eigenvalue weighted by atomic mass is 10.3. The summed E-state index contributed by atoms with van der Waals surface area (Å²) in [6, 6.07) is 7.17. The van der Waals surface area contributed by atoms with E-state index in [-0.39, 0.29) is 5.95 Å². The van der Waals surface area contributed by atoms with E-state index < -0.39 is 0 Å². The van der Waals surface area contributed by atoms with Crippen LogP contribution in [0.15, 0.2) is 30.5 Å². The molecule has 0 spiro atoms. The Labute approximate surface area is 98.0 Å². The highest BCUT2D eigenvalue weighted by molar-refractivity contribution is 6.32. The molecular weight excluding hydrogens is 226 g/mol. The minimum absolute atomic E-state index is 0.174. The SMILES string of the molecule is Cc1cnc(N)nc1Oc1ccccc1Cl. The van der Waals surface area contributed by atoms with Crippen molar-refractivity contribution in [2.45, 2.75) is 6.92 Å². The molecule has 0 atom stereocenters. The molecule has 82 valence electrons. The van der Waals surface area contributed by atoms with E-state index in [2.05, 4.69) is 9.97 Å². The first-order valence-electron chi connectivity index (χ1n) is 4.68. The molecule has 0 saturated heterocycles. The highest BCUT2D eigenvalue weighted by Crippen LogP contribution is 2.29. The average molecular weight is 236 g/mol. The van der Waals surface area contributed by atoms with Gasteiger partial charge in [-0.1, -0.05) is 23.7 Å². The molecule has 0 fully saturated rings. The third-order valence-electron chi connectivity index (χ3n) is 1.99. The van der Waals surface area contributed by atoms with Crippen LogP contribution in [0.25, 0.3) is 0 Å². The molecule has 2 N–H and O–H groups in total. The van der Waals surface area contributed by atoms with E-state index in [9.17, 15) is 0 Å². The van der Waals surface area contributed by atoms with Crippen LogP contribution in [0, 0.1) is 6.92 Å². The lowest BCUT2D eigenvalue weighted by molar-refractivity contribution is 0.458. The Morgan fingerprint density at radius 2 is 2.06 bits per heavy atom. The van der Waals surface area contributed by atoms with Gasteiger partial charge in [0.05, 0.1) is 5.02 Å². The second kappa shape index (κ2) is 4.37. The number of anilines is 1. The standard InChI is InChI=1S/C11H10ClN3O/c1-7-6-14-11(13)15-10(7)16-9-5-3-2-4-8(9)12/h2-6H,1H3,(H2,13,14,15). The zero-order chi connectivity index (χ0) is 11.5. The highest BCUT2D eigenvalue weighted by Gasteiger charge is 2.06. The highest BCUT2D eigenvalue weighted by atomic mass is 35.5. The van der Waals surface area contributed by atoms with E-state index in [0.29, 0.717) is 16.7 Å². The van der Waals surface area contributed by atoms with Gasteiger partial charge in [0.1, 0.15) is 5.75 Å². The molecule has 2 rings (SSSR count). The van der Waals surface area contributed by atoms with E-state index >= 15 is 0 Å². The summed E-state index contributed by atoms with van der Waals surface area (Å²) in [5.41, 5.74) is 6.28. The number of para-hydroxylation sites is 1. The van der Waals surface area contributed by atoms with Gasteiger partial charge in [-0.05, 0) is 19.1 Å². The van der Waals surface area contributed by atoms with Crippen molar-refractivity contribution in [1.29, 1.82) is 0 Å². The van der Waals surface area contributed by atoms with Crippen LogP contribution in [-0.2, 0) is 0 Å². The fraction of sp³-hybridized carbons (Fsp3) is 0.0909. The summed E-state index contributed by atoms with van der Waals surface area (Å²) >= 11 is 5.97. The van der Waals surface area contributed by atoms with E-state index in [0.717, 1.165) is 5.56 Å². The minimum atomic E-state index is 0.174. The number of ether oxygens (including phenoxy) is 1. The largest absolute Gasteiger partial charge is 0.437 e. The number of hydrogen-bond acceptors (Lipinski definition) is 4. The second-order valence-electron chi connectivity index (χ2n) is 3.25. The van der Waals surface area contributed by atoms with Crippen LogP contribution in [0.5, 0.6) is 11.6 Å². The maximum Gasteiger partial charge on any atom is 0.227 e. The molecule has 16 heavy (non-hydrogen) atoms. The molecule has 1 aromatic heterocycles. The number of halogens is 1. The van der Waals surface area contributed by atoms with Gasteiger partial charge in [-0.3, -0.25) is 0 Å². The van der Waals surface area contributed by atoms with Gasteiger partial charge in [-0.2, -0.15) is 4.98 Å². The van der Waals surface area contributed by atoms with Crippen molar-refractivity contribution in [3.8, 4) is 11.6 Å². The Hall–Kier alpha value is -1.81. The Kier molecular flexibility index (Phi) is 2.92. The van der Waals surface area contributed by atoms with E-state index in [1.165, 1.54) is 0 Å². The smallest absolute Gasteiger partial charge is 0.227 e. The van der Waals surface area contributed by atoms with Gasteiger partial charge in [0.15, 0.2) is 0 Å². The Bertz CT molecular complexity index is 516. The third-order valence-corrected chi connectivity index (χ3v) is 2.30. The minimum Gasteiger partial charge on any atom is -0.437 e. The predicted octanol–water partition coefficient (Wildman–Crippen LogP) is 2.81. The molecule has 0 aliphatic carbocycles. The Morgan fingerprint density at radius 1 is 1.31 bits per heavy atom. The monoisotopic (exact) mass is 235 g/mol. The molecule has 0 aliphatic heterocycles. The molecule has 1 heterocycles. The van der Waals surface area contributed by atoms with Crippen LogP contribution < -0.4 is 10.5 Å². The molecule has 0 amide bonds. The molecule has 0 bridgehead atoms. The number of aryl methyl sites for hydroxylation is 1. The summed E-state index contributed by atoms with van der Waals surface area (Å²) in [7, 11) is 0. The number of nitrogen functional groups attached to an aromatic ring is 1. The quantitative estimate of drug-likeness (QED) is 0.870. The fourth-order valence-electron chi connectivity index (χ4n) is 1.17. The lowest BCUT2D eigenvalue weighted by Crippen LogP contribution is -1.98. The van der Waals surface area contributed by atoms with Crippen LogP contribution in [-0.4, -0.2) is 9.97 Å². The van der Waals surface area contributed by atoms with Crippen LogP contribution in [0.4, 0.5) is 5.95 Å². The fourth-order valence-corrected chi connectivity index (χ4v) is 1.35. The second-order valence-corrected chi connectivity index (χ2v) is 3.66. The lowest BCUT2D eigenvalue weighted by Gasteiger charge is -2.08. The van der Waals surface area contributed by atoms with Gasteiger partial charge in [0, 0.05) is 11.8 Å². The molecule has 2 aromatic rings. The van der Waals surface area contributed by atoms with Crippen molar-refractivity contribution in [2.24, 2.45) is 0 Å². The van der Waals surface area contributed by atoms with Crippen LogP contribution in [0.1, 0.15) is 5.56 Å². The Morgan fingerprint density at radius 3 is 2.81 bits per heavy atom. The number of aromatic nitrogens is 2. The molecular formula is C11H10ClN3O. The number of hydrogen-bond donors (Lipinski definition) is 1. The van der Waals surface area contributed by atoms with Gasteiger partial charge < -0.3 is 10.5 Å². The van der Waals surface area contributed by atoms with Gasteiger partial charge in [-0.25, -0.2) is 4.98 Å². The average Bonchev–Trinajstić information content (AvgIpc) is 2.27. The van der Waals surface area contributed by atoms with Gasteiger partial charge >= 0.3 is 0 Å². The van der Waals surface area contributed by atoms with Crippen molar-refractivity contribution in [3.63, 3.8) is 0 Å². The molecule has 0 saturated carbocycles. The van der Waals surface area contributed by atoms with Crippen molar-refractivity contribution >= 4 is 17.5 Å². The third kappa shape index (κ3) is 2.23. The van der Waals surface area contributed by atoms with E-state index in [1.54, 1.807) is 18.3 Å². The predicted molar refractivity (Wildman–Crippen MR) is 62.7 cm³/mol. The molecule has 1 aromatic carbocycles. The molecule has 0 unspecified atom stereocenters. The number of nitrogens with zero attached hydrogens (tertiary/aromatic N) is 2. The normalized spacial score (nSPS) is 10.1. The van der Waals surface area contributed by atoms with Gasteiger partial charge in [0.25, 0.3) is 0 Å². The van der Waals surface area contributed by atoms with Crippen LogP contribution in [0.2, 0.25) is 5.02 Å². The van der Waals surface area contributed by atoms with Gasteiger partial charge in [-0.15, -0.1) is 0 Å². The zero-order valence-corrected chi connectivity index (χ0v) is 9.40. The first kappa shape index (κ1) is 10.7. The zero-order valence-electron chi connectivity index (χ0n) is 8.64. The molecule has 5 heteroatoms. The van der Waals surface area contributed by atoms with Crippen molar-refractivity contribution in [1.82, 2.24) is 9.97 Å². The number of nitrogens with two attached hydrogens (primary N) is 1. The topological polar surface area (TPSA) is 61.0 Å². The summed E-state index contributed by atoms with van der Waals surface area (Å²) in [6.45, 7) is 1.84. The summed E-state index contributed by atoms with van der Waals surface area (Å²) in [5, 5.41) is 0.527. The maximum atomic E-state index is 5.97. The van der Waals surface area contributed by atoms with Crippen molar-refractivity contribution in [2.75, 3.05) is 5.73 Å². The maximum absolute atomic E-state index is 5.97. The van der Waals surface area contributed by atoms with Crippen LogP contribution in [0.3, 0.4) is 0 Å². The van der Waals surface area contributed by atoms with E-state index in [4.69, 9.17) is 22.1 Å². The first-order chi connectivity index (χ1) is 7.66. The van der Waals surface area contributed by atoms with Crippen LogP contribution >= 0.6 is 11.6 Å². The van der Waals surface area contributed by atoms with Crippen molar-refractivity contribution in [3.05, 3.63) is 41.0 Å². The summed E-state index contributed by atoms with van der Waals surface area (Å²) in [4.78, 5) is 7.85. The molecule has 0 aliphatic rings. The Balaban J connectivity index is 2.34. The molecule has 4 nitrogen and oxygen atoms in total. The summed E-state index contributed by atoms with van der Waals surface area (Å²) in [6.07, 6.45) is 1.61. The van der Waals surface area contributed by atoms with Gasteiger partial charge in [0.2, 0.25) is 11.8 Å². The summed E-state index contributed by atoms with van der Waals surface area (Å²) in [5.74, 6) is 1.14. The first-order valence-corrected chi connectivity index (χ1v) is 5.06. The summed E-state index contributed by atoms with van der Waals surface area (Å²) < 4.78 is 5.56. The number of rotatable bonds is 2. The molecule has 0 radical (unpaired) electrons. The number of benzene rings is 1. The van der Waals surface area contributed by atoms with Crippen molar-refractivity contribution < 1.29 is 4.74 Å². The van der Waals surface area contributed by atoms with E-state index in [1.807, 2.05) is 19.1 Å².